The number of benzene rings is 2. The summed E-state index contributed by atoms with van der Waals surface area (Å²) >= 11 is 0. The minimum absolute atomic E-state index is 0.00911. The molecule has 1 aliphatic carbocycles. The van der Waals surface area contributed by atoms with Gasteiger partial charge < -0.3 is 24.6 Å². The molecule has 10 heteroatoms. The molecule has 2 N–H and O–H groups in total. The zero-order valence-corrected chi connectivity index (χ0v) is 23.2. The lowest BCUT2D eigenvalue weighted by Gasteiger charge is -2.21. The average Bonchev–Trinajstić information content (AvgIpc) is 3.74. The summed E-state index contributed by atoms with van der Waals surface area (Å²) in [6.45, 7) is 3.29. The number of nitrogens with one attached hydrogen (secondary N) is 1. The zero-order chi connectivity index (χ0) is 29.4. The highest BCUT2D eigenvalue weighted by molar-refractivity contribution is 6.00. The molecule has 3 aromatic rings. The number of hydrogen-bond acceptors (Lipinski definition) is 5. The highest BCUT2D eigenvalue weighted by atomic mass is 19.1. The van der Waals surface area contributed by atoms with Crippen LogP contribution >= 0.6 is 0 Å². The van der Waals surface area contributed by atoms with Gasteiger partial charge in [-0.05, 0) is 56.4 Å². The topological polar surface area (TPSA) is 101 Å². The summed E-state index contributed by atoms with van der Waals surface area (Å²) in [5, 5.41) is 13.2. The maximum absolute atomic E-state index is 15.3. The summed E-state index contributed by atoms with van der Waals surface area (Å²) in [4.78, 5) is 41.6. The Bertz CT molecular complexity index is 1510. The summed E-state index contributed by atoms with van der Waals surface area (Å²) in [6, 6.07) is 10.6. The molecule has 1 saturated heterocycles. The van der Waals surface area contributed by atoms with Crippen LogP contribution in [-0.2, 0) is 11.3 Å². The van der Waals surface area contributed by atoms with E-state index in [0.717, 1.165) is 30.5 Å². The number of anilines is 1. The number of carbonyl (C=O) groups excluding carboxylic acids is 2. The number of amides is 2. The predicted octanol–water partition coefficient (Wildman–Crippen LogP) is 3.70. The fourth-order valence-electron chi connectivity index (χ4n) is 5.51. The van der Waals surface area contributed by atoms with Crippen LogP contribution in [0.2, 0.25) is 0 Å². The number of rotatable bonds is 9. The van der Waals surface area contributed by atoms with Gasteiger partial charge in [-0.25, -0.2) is 8.78 Å². The molecule has 41 heavy (non-hydrogen) atoms. The van der Waals surface area contributed by atoms with Gasteiger partial charge in [-0.3, -0.25) is 14.4 Å². The molecule has 8 nitrogen and oxygen atoms in total. The van der Waals surface area contributed by atoms with E-state index in [4.69, 9.17) is 4.74 Å². The van der Waals surface area contributed by atoms with E-state index in [0.29, 0.717) is 11.1 Å². The Hall–Kier alpha value is -4.05. The first kappa shape index (κ1) is 28.5. The number of aromatic nitrogens is 1. The van der Waals surface area contributed by atoms with Crippen molar-refractivity contribution in [3.05, 3.63) is 92.9 Å². The van der Waals surface area contributed by atoms with Crippen LogP contribution in [0, 0.1) is 37.3 Å². The highest BCUT2D eigenvalue weighted by Crippen LogP contribution is 2.40. The van der Waals surface area contributed by atoms with Crippen LogP contribution in [0.4, 0.5) is 14.5 Å². The molecule has 2 fully saturated rings. The summed E-state index contributed by atoms with van der Waals surface area (Å²) in [5.74, 6) is -4.65. The van der Waals surface area contributed by atoms with E-state index in [-0.39, 0.29) is 42.6 Å². The molecule has 3 atom stereocenters. The molecular formula is C31H33F2N3O5. The Morgan fingerprint density at radius 2 is 1.76 bits per heavy atom. The number of carbonyl (C=O) groups is 2. The van der Waals surface area contributed by atoms with Gasteiger partial charge in [0.25, 0.3) is 11.5 Å². The molecule has 0 radical (unpaired) electrons. The number of nitrogens with zero attached hydrogens (tertiary/aromatic N) is 2. The lowest BCUT2D eigenvalue weighted by atomic mass is 9.87. The number of ether oxygens (including phenoxy) is 1. The van der Waals surface area contributed by atoms with Gasteiger partial charge in [-0.2, -0.15) is 0 Å². The van der Waals surface area contributed by atoms with E-state index in [1.54, 1.807) is 43.5 Å². The number of halogens is 2. The molecule has 0 spiro atoms. The first-order valence-corrected chi connectivity index (χ1v) is 13.7. The largest absolute Gasteiger partial charge is 0.497 e. The van der Waals surface area contributed by atoms with Gasteiger partial charge in [-0.15, -0.1) is 0 Å². The minimum Gasteiger partial charge on any atom is -0.497 e. The third kappa shape index (κ3) is 5.74. The summed E-state index contributed by atoms with van der Waals surface area (Å²) in [5.41, 5.74) is 1.17. The molecule has 2 heterocycles. The van der Waals surface area contributed by atoms with Gasteiger partial charge in [0.2, 0.25) is 5.91 Å². The van der Waals surface area contributed by atoms with E-state index >= 15 is 8.78 Å². The van der Waals surface area contributed by atoms with Crippen molar-refractivity contribution in [1.82, 2.24) is 9.88 Å². The van der Waals surface area contributed by atoms with E-state index in [1.165, 1.54) is 16.6 Å². The summed E-state index contributed by atoms with van der Waals surface area (Å²) in [6.07, 6.45) is 2.69. The number of hydrogen-bond donors (Lipinski definition) is 2. The normalized spacial score (nSPS) is 19.4. The van der Waals surface area contributed by atoms with Gasteiger partial charge in [0.1, 0.15) is 23.1 Å². The molecule has 2 aliphatic rings. The van der Waals surface area contributed by atoms with Crippen molar-refractivity contribution in [2.45, 2.75) is 45.3 Å². The van der Waals surface area contributed by atoms with Crippen LogP contribution in [0.15, 0.2) is 53.5 Å². The summed E-state index contributed by atoms with van der Waals surface area (Å²) in [7, 11) is 1.29. The Kier molecular flexibility index (Phi) is 7.95. The van der Waals surface area contributed by atoms with Crippen LogP contribution in [0.1, 0.15) is 45.8 Å². The standard InChI is InChI=1S/C31H33F2N3O5/c1-17-4-6-20(7-5-17)29(38)34-14-22-23(27-24(32)12-21(41-3)13-25(27)33)15-36(30(22)39)28-18(2)10-11-35(31(28)40)16-26(37)19-8-9-19/h4-7,10-13,19,22-23,26,37H,8-9,14-16H2,1-3H3,(H,34,38)/t22?,23-,26?/m1/s1. The van der Waals surface area contributed by atoms with Crippen molar-refractivity contribution in [2.24, 2.45) is 11.8 Å². The van der Waals surface area contributed by atoms with E-state index in [1.807, 2.05) is 6.92 Å². The smallest absolute Gasteiger partial charge is 0.274 e. The third-order valence-electron chi connectivity index (χ3n) is 8.06. The van der Waals surface area contributed by atoms with Crippen molar-refractivity contribution in [3.8, 4) is 5.75 Å². The van der Waals surface area contributed by atoms with E-state index in [9.17, 15) is 19.5 Å². The number of methoxy groups -OCH3 is 1. The van der Waals surface area contributed by atoms with Gasteiger partial charge in [0, 0.05) is 48.5 Å². The lowest BCUT2D eigenvalue weighted by Crippen LogP contribution is -2.39. The van der Waals surface area contributed by atoms with Gasteiger partial charge in [0.05, 0.1) is 25.7 Å². The lowest BCUT2D eigenvalue weighted by molar-refractivity contribution is -0.120. The Morgan fingerprint density at radius 3 is 2.37 bits per heavy atom. The second-order valence-electron chi connectivity index (χ2n) is 11.0. The van der Waals surface area contributed by atoms with Crippen LogP contribution in [0.25, 0.3) is 0 Å². The molecule has 2 amide bonds. The second kappa shape index (κ2) is 11.4. The van der Waals surface area contributed by atoms with Crippen molar-refractivity contribution < 1.29 is 28.2 Å². The fraction of sp³-hybridized carbons (Fsp3) is 0.387. The van der Waals surface area contributed by atoms with Gasteiger partial charge in [0.15, 0.2) is 0 Å². The number of pyridine rings is 1. The van der Waals surface area contributed by atoms with Crippen molar-refractivity contribution >= 4 is 17.5 Å². The minimum atomic E-state index is -1.05. The van der Waals surface area contributed by atoms with Crippen LogP contribution in [-0.4, -0.2) is 47.8 Å². The SMILES string of the molecule is COc1cc(F)c([C@@H]2CN(c3c(C)ccn(CC(O)C4CC4)c3=O)C(=O)C2CNC(=O)c2ccc(C)cc2)c(F)c1. The molecule has 216 valence electrons. The average molecular weight is 566 g/mol. The molecule has 2 aromatic carbocycles. The van der Waals surface area contributed by atoms with Gasteiger partial charge in [-0.1, -0.05) is 17.7 Å². The first-order valence-electron chi connectivity index (χ1n) is 13.7. The molecule has 2 unspecified atom stereocenters. The maximum atomic E-state index is 15.3. The fourth-order valence-corrected chi connectivity index (χ4v) is 5.51. The Morgan fingerprint density at radius 1 is 1.10 bits per heavy atom. The predicted molar refractivity (Wildman–Crippen MR) is 149 cm³/mol. The molecule has 1 saturated carbocycles. The number of aliphatic hydroxyl groups is 1. The van der Waals surface area contributed by atoms with Gasteiger partial charge >= 0.3 is 0 Å². The zero-order valence-electron chi connectivity index (χ0n) is 23.2. The number of aliphatic hydroxyl groups excluding tert-OH is 1. The van der Waals surface area contributed by atoms with Crippen LogP contribution in [0.3, 0.4) is 0 Å². The molecule has 5 rings (SSSR count). The Labute approximate surface area is 236 Å². The molecular weight excluding hydrogens is 532 g/mol. The van der Waals surface area contributed by atoms with E-state index in [2.05, 4.69) is 5.32 Å². The van der Waals surface area contributed by atoms with Crippen molar-refractivity contribution in [3.63, 3.8) is 0 Å². The Balaban J connectivity index is 1.50. The number of aryl methyl sites for hydroxylation is 2. The first-order chi connectivity index (χ1) is 19.6. The maximum Gasteiger partial charge on any atom is 0.274 e. The van der Waals surface area contributed by atoms with Crippen LogP contribution in [0.5, 0.6) is 5.75 Å². The molecule has 1 aliphatic heterocycles. The van der Waals surface area contributed by atoms with Crippen molar-refractivity contribution in [1.29, 1.82) is 0 Å². The summed E-state index contributed by atoms with van der Waals surface area (Å²) < 4.78 is 37.0. The molecule has 0 bridgehead atoms. The van der Waals surface area contributed by atoms with Crippen molar-refractivity contribution in [2.75, 3.05) is 25.1 Å². The van der Waals surface area contributed by atoms with Crippen LogP contribution < -0.4 is 20.5 Å². The highest BCUT2D eigenvalue weighted by Gasteiger charge is 2.45. The second-order valence-corrected chi connectivity index (χ2v) is 11.0. The van der Waals surface area contributed by atoms with E-state index < -0.39 is 46.9 Å². The molecule has 1 aromatic heterocycles. The quantitative estimate of drug-likeness (QED) is 0.412. The monoisotopic (exact) mass is 565 g/mol. The third-order valence-corrected chi connectivity index (χ3v) is 8.06.